The highest BCUT2D eigenvalue weighted by molar-refractivity contribution is 5.91. The molecule has 0 radical (unpaired) electrons. The topological polar surface area (TPSA) is 61.4 Å². The summed E-state index contributed by atoms with van der Waals surface area (Å²) in [5, 5.41) is 7.88. The smallest absolute Gasteiger partial charge is 0.239 e. The van der Waals surface area contributed by atoms with Crippen LogP contribution in [0.25, 0.3) is 10.8 Å². The average molecular weight is 382 g/mol. The van der Waals surface area contributed by atoms with E-state index in [4.69, 9.17) is 0 Å². The number of carbonyl (C=O) groups is 2. The van der Waals surface area contributed by atoms with E-state index >= 15 is 0 Å². The number of benzene rings is 2. The normalized spacial score (nSPS) is 16.6. The summed E-state index contributed by atoms with van der Waals surface area (Å²) in [6, 6.07) is 14.3. The Balaban J connectivity index is 1.41. The zero-order valence-electron chi connectivity index (χ0n) is 16.9. The van der Waals surface area contributed by atoms with Crippen LogP contribution in [0, 0.1) is 5.92 Å². The Bertz CT molecular complexity index is 807. The summed E-state index contributed by atoms with van der Waals surface area (Å²) >= 11 is 0. The van der Waals surface area contributed by atoms with E-state index in [9.17, 15) is 9.59 Å². The first-order valence-corrected chi connectivity index (χ1v) is 10.3. The molecular formula is C23H31N3O2. The van der Waals surface area contributed by atoms with Crippen LogP contribution in [-0.4, -0.2) is 48.9 Å². The molecule has 1 fully saturated rings. The van der Waals surface area contributed by atoms with Crippen LogP contribution >= 0.6 is 0 Å². The van der Waals surface area contributed by atoms with E-state index in [0.29, 0.717) is 12.6 Å². The quantitative estimate of drug-likeness (QED) is 0.775. The van der Waals surface area contributed by atoms with Crippen LogP contribution in [0.2, 0.25) is 0 Å². The summed E-state index contributed by atoms with van der Waals surface area (Å²) in [6.45, 7) is 7.28. The molecule has 2 amide bonds. The molecule has 150 valence electrons. The maximum Gasteiger partial charge on any atom is 0.239 e. The molecule has 1 saturated heterocycles. The Morgan fingerprint density at radius 3 is 2.54 bits per heavy atom. The minimum atomic E-state index is -0.136. The maximum absolute atomic E-state index is 12.3. The average Bonchev–Trinajstić information content (AvgIpc) is 2.71. The summed E-state index contributed by atoms with van der Waals surface area (Å²) in [6.07, 6.45) is 2.72. The van der Waals surface area contributed by atoms with E-state index in [1.807, 2.05) is 42.5 Å². The van der Waals surface area contributed by atoms with E-state index < -0.39 is 0 Å². The van der Waals surface area contributed by atoms with Gasteiger partial charge in [-0.15, -0.1) is 0 Å². The number of likely N-dealkylation sites (tertiary alicyclic amines) is 1. The Morgan fingerprint density at radius 1 is 1.04 bits per heavy atom. The first-order valence-electron chi connectivity index (χ1n) is 10.3. The Kier molecular flexibility index (Phi) is 7.04. The number of fused-ring (bicyclic) bond motifs is 1. The zero-order valence-corrected chi connectivity index (χ0v) is 16.9. The lowest BCUT2D eigenvalue weighted by Gasteiger charge is -2.35. The molecule has 5 nitrogen and oxygen atoms in total. The number of hydrogen-bond donors (Lipinski definition) is 2. The lowest BCUT2D eigenvalue weighted by Crippen LogP contribution is -2.47. The number of nitrogens with zero attached hydrogens (tertiary/aromatic N) is 1. The molecule has 0 saturated carbocycles. The first-order chi connectivity index (χ1) is 13.5. The number of carbonyl (C=O) groups excluding carboxylic acids is 2. The van der Waals surface area contributed by atoms with Gasteiger partial charge < -0.3 is 10.6 Å². The van der Waals surface area contributed by atoms with Crippen LogP contribution in [0.15, 0.2) is 42.5 Å². The number of amides is 2. The third kappa shape index (κ3) is 5.55. The van der Waals surface area contributed by atoms with Gasteiger partial charge >= 0.3 is 0 Å². The minimum Gasteiger partial charge on any atom is -0.353 e. The summed E-state index contributed by atoms with van der Waals surface area (Å²) in [4.78, 5) is 26.8. The van der Waals surface area contributed by atoms with E-state index in [1.54, 1.807) is 0 Å². The van der Waals surface area contributed by atoms with E-state index in [2.05, 4.69) is 29.4 Å². The molecular weight excluding hydrogens is 350 g/mol. The molecule has 28 heavy (non-hydrogen) atoms. The van der Waals surface area contributed by atoms with Crippen molar-refractivity contribution in [2.75, 3.05) is 26.2 Å². The van der Waals surface area contributed by atoms with Crippen molar-refractivity contribution in [3.8, 4) is 0 Å². The van der Waals surface area contributed by atoms with Gasteiger partial charge in [-0.25, -0.2) is 0 Å². The molecule has 1 heterocycles. The Labute approximate surface area is 167 Å². The molecule has 0 aromatic heterocycles. The third-order valence-electron chi connectivity index (χ3n) is 5.71. The molecule has 1 unspecified atom stereocenters. The number of piperidine rings is 1. The first kappa shape index (κ1) is 20.3. The fraction of sp³-hybridized carbons (Fsp3) is 0.478. The summed E-state index contributed by atoms with van der Waals surface area (Å²) < 4.78 is 0. The maximum atomic E-state index is 12.3. The van der Waals surface area contributed by atoms with E-state index in [-0.39, 0.29) is 24.8 Å². The van der Waals surface area contributed by atoms with Crippen LogP contribution in [0.5, 0.6) is 0 Å². The molecule has 1 aliphatic heterocycles. The van der Waals surface area contributed by atoms with Gasteiger partial charge in [0.15, 0.2) is 0 Å². The largest absolute Gasteiger partial charge is 0.353 e. The Morgan fingerprint density at radius 2 is 1.75 bits per heavy atom. The van der Waals surface area contributed by atoms with Crippen molar-refractivity contribution < 1.29 is 9.59 Å². The van der Waals surface area contributed by atoms with Gasteiger partial charge in [0.05, 0.1) is 13.0 Å². The van der Waals surface area contributed by atoms with Gasteiger partial charge in [-0.05, 0) is 55.1 Å². The lowest BCUT2D eigenvalue weighted by atomic mass is 9.98. The lowest BCUT2D eigenvalue weighted by molar-refractivity contribution is -0.125. The van der Waals surface area contributed by atoms with E-state index in [0.717, 1.165) is 35.3 Å². The second-order valence-electron chi connectivity index (χ2n) is 7.96. The second-order valence-corrected chi connectivity index (χ2v) is 7.96. The van der Waals surface area contributed by atoms with Gasteiger partial charge in [-0.2, -0.15) is 0 Å². The predicted octanol–water partition coefficient (Wildman–Crippen LogP) is 2.74. The summed E-state index contributed by atoms with van der Waals surface area (Å²) in [7, 11) is 0. The van der Waals surface area contributed by atoms with Gasteiger partial charge in [0.1, 0.15) is 0 Å². The van der Waals surface area contributed by atoms with E-state index in [1.165, 1.54) is 12.8 Å². The number of rotatable bonds is 7. The van der Waals surface area contributed by atoms with Crippen molar-refractivity contribution >= 4 is 22.6 Å². The van der Waals surface area contributed by atoms with Crippen molar-refractivity contribution in [3.05, 3.63) is 48.0 Å². The Hall–Kier alpha value is -2.40. The summed E-state index contributed by atoms with van der Waals surface area (Å²) in [5.41, 5.74) is 0.976. The molecule has 0 bridgehead atoms. The van der Waals surface area contributed by atoms with Gasteiger partial charge in [0, 0.05) is 12.6 Å². The molecule has 0 spiro atoms. The minimum absolute atomic E-state index is 0.0212. The highest BCUT2D eigenvalue weighted by Gasteiger charge is 2.20. The molecule has 2 N–H and O–H groups in total. The molecule has 1 aliphatic rings. The number of hydrogen-bond acceptors (Lipinski definition) is 3. The fourth-order valence-electron chi connectivity index (χ4n) is 3.78. The summed E-state index contributed by atoms with van der Waals surface area (Å²) in [5.74, 6) is 0.531. The second kappa shape index (κ2) is 9.69. The highest BCUT2D eigenvalue weighted by Crippen LogP contribution is 2.19. The molecule has 3 rings (SSSR count). The van der Waals surface area contributed by atoms with Gasteiger partial charge in [0.2, 0.25) is 11.8 Å². The van der Waals surface area contributed by atoms with Crippen LogP contribution < -0.4 is 10.6 Å². The van der Waals surface area contributed by atoms with Crippen LogP contribution in [0.1, 0.15) is 32.3 Å². The third-order valence-corrected chi connectivity index (χ3v) is 5.71. The van der Waals surface area contributed by atoms with Crippen molar-refractivity contribution in [1.82, 2.24) is 15.5 Å². The molecule has 2 aromatic carbocycles. The standard InChI is InChI=1S/C23H31N3O2/c1-17-10-12-26(13-11-17)18(2)15-24-23(28)16-25-22(27)14-20-8-5-7-19-6-3-4-9-21(19)20/h3-9,17-18H,10-16H2,1-2H3,(H,24,28)(H,25,27). The van der Waals surface area contributed by atoms with Gasteiger partial charge in [0.25, 0.3) is 0 Å². The van der Waals surface area contributed by atoms with Crippen LogP contribution in [0.4, 0.5) is 0 Å². The molecule has 2 aromatic rings. The highest BCUT2D eigenvalue weighted by atomic mass is 16.2. The fourth-order valence-corrected chi connectivity index (χ4v) is 3.78. The van der Waals surface area contributed by atoms with Gasteiger partial charge in [-0.1, -0.05) is 49.4 Å². The van der Waals surface area contributed by atoms with Crippen LogP contribution in [-0.2, 0) is 16.0 Å². The number of nitrogens with one attached hydrogen (secondary N) is 2. The molecule has 1 atom stereocenters. The van der Waals surface area contributed by atoms with Crippen molar-refractivity contribution in [2.45, 2.75) is 39.2 Å². The van der Waals surface area contributed by atoms with Crippen molar-refractivity contribution in [1.29, 1.82) is 0 Å². The zero-order chi connectivity index (χ0) is 19.9. The monoisotopic (exact) mass is 381 g/mol. The predicted molar refractivity (Wildman–Crippen MR) is 113 cm³/mol. The van der Waals surface area contributed by atoms with Crippen molar-refractivity contribution in [2.24, 2.45) is 5.92 Å². The molecule has 0 aliphatic carbocycles. The van der Waals surface area contributed by atoms with Crippen molar-refractivity contribution in [3.63, 3.8) is 0 Å². The van der Waals surface area contributed by atoms with Crippen LogP contribution in [0.3, 0.4) is 0 Å². The molecule has 5 heteroatoms. The van der Waals surface area contributed by atoms with Gasteiger partial charge in [-0.3, -0.25) is 14.5 Å². The SMILES string of the molecule is CC1CCN(C(C)CNC(=O)CNC(=O)Cc2cccc3ccccc23)CC1.